The first-order chi connectivity index (χ1) is 21.0. The first-order valence-electron chi connectivity index (χ1n) is 16.3. The Kier molecular flexibility index (Phi) is 11.3. The molecular formula is C38H57NO8. The number of phenols is 2. The fourth-order valence-corrected chi connectivity index (χ4v) is 6.27. The monoisotopic (exact) mass is 655 g/mol. The molecule has 9 heteroatoms. The molecule has 9 nitrogen and oxygen atoms in total. The summed E-state index contributed by atoms with van der Waals surface area (Å²) in [6, 6.07) is 7.09. The van der Waals surface area contributed by atoms with Crippen LogP contribution in [0.5, 0.6) is 11.5 Å². The highest BCUT2D eigenvalue weighted by molar-refractivity contribution is 5.72. The molecule has 0 spiro atoms. The number of aromatic hydroxyl groups is 2. The summed E-state index contributed by atoms with van der Waals surface area (Å²) in [5.74, 6) is -4.49. The second kappa shape index (κ2) is 13.5. The highest BCUT2D eigenvalue weighted by Crippen LogP contribution is 2.42. The van der Waals surface area contributed by atoms with Gasteiger partial charge in [0.05, 0.1) is 11.8 Å². The number of rotatable bonds is 11. The molecule has 0 radical (unpaired) electrons. The van der Waals surface area contributed by atoms with Gasteiger partial charge in [0.25, 0.3) is 0 Å². The molecule has 0 saturated carbocycles. The lowest BCUT2D eigenvalue weighted by Gasteiger charge is -2.30. The zero-order valence-electron chi connectivity index (χ0n) is 30.7. The largest absolute Gasteiger partial charge is 0.507 e. The molecule has 0 bridgehead atoms. The molecule has 2 aromatic rings. The van der Waals surface area contributed by atoms with Crippen molar-refractivity contribution >= 4 is 11.9 Å². The molecule has 2 rings (SSSR count). The Morgan fingerprint density at radius 2 is 0.830 bits per heavy atom. The molecule has 0 amide bonds. The molecule has 0 aliphatic heterocycles. The predicted molar refractivity (Wildman–Crippen MR) is 185 cm³/mol. The average Bonchev–Trinajstić information content (AvgIpc) is 2.86. The summed E-state index contributed by atoms with van der Waals surface area (Å²) in [6.07, 6.45) is -0.812. The fraction of sp³-hybridized carbons (Fsp3) is 0.632. The average molecular weight is 656 g/mol. The number of benzene rings is 2. The van der Waals surface area contributed by atoms with Crippen LogP contribution in [0.2, 0.25) is 0 Å². The van der Waals surface area contributed by atoms with Gasteiger partial charge in [0.15, 0.2) is 0 Å². The predicted octanol–water partition coefficient (Wildman–Crippen LogP) is 8.29. The molecule has 0 saturated heterocycles. The molecule has 4 N–H and O–H groups in total. The molecular weight excluding hydrogens is 598 g/mol. The van der Waals surface area contributed by atoms with Crippen LogP contribution in [0.1, 0.15) is 136 Å². The SMILES string of the molecule is CC(C)(C)c1cc(CC(CC(C)(CC(Cc2cc(C(C)(C)C)c(O)c(C(C)(C)C)c2)C(=O)O)[N+](=O)[O-])C(=O)O)cc(C(C)(C)C)c1O. The number of nitro groups is 1. The molecule has 0 fully saturated rings. The summed E-state index contributed by atoms with van der Waals surface area (Å²) in [5, 5.41) is 55.5. The van der Waals surface area contributed by atoms with Crippen LogP contribution in [0, 0.1) is 22.0 Å². The van der Waals surface area contributed by atoms with E-state index in [1.165, 1.54) is 6.92 Å². The second-order valence-corrected chi connectivity index (χ2v) is 17.7. The third kappa shape index (κ3) is 9.71. The molecule has 0 aromatic heterocycles. The van der Waals surface area contributed by atoms with Gasteiger partial charge in [-0.2, -0.15) is 0 Å². The van der Waals surface area contributed by atoms with Crippen LogP contribution in [0.15, 0.2) is 24.3 Å². The van der Waals surface area contributed by atoms with Crippen molar-refractivity contribution in [1.82, 2.24) is 0 Å². The first-order valence-corrected chi connectivity index (χ1v) is 16.3. The molecule has 2 unspecified atom stereocenters. The summed E-state index contributed by atoms with van der Waals surface area (Å²) in [7, 11) is 0. The topological polar surface area (TPSA) is 158 Å². The van der Waals surface area contributed by atoms with Gasteiger partial charge in [-0.3, -0.25) is 19.7 Å². The Morgan fingerprint density at radius 3 is 1.00 bits per heavy atom. The molecule has 47 heavy (non-hydrogen) atoms. The fourth-order valence-electron chi connectivity index (χ4n) is 6.27. The smallest absolute Gasteiger partial charge is 0.307 e. The summed E-state index contributed by atoms with van der Waals surface area (Å²) in [5.41, 5.74) is 0.254. The summed E-state index contributed by atoms with van der Waals surface area (Å²) >= 11 is 0. The van der Waals surface area contributed by atoms with Crippen LogP contribution in [0.4, 0.5) is 0 Å². The van der Waals surface area contributed by atoms with Gasteiger partial charge < -0.3 is 20.4 Å². The van der Waals surface area contributed by atoms with E-state index in [0.29, 0.717) is 33.4 Å². The lowest BCUT2D eigenvalue weighted by Crippen LogP contribution is -2.42. The molecule has 2 aromatic carbocycles. The lowest BCUT2D eigenvalue weighted by atomic mass is 9.75. The van der Waals surface area contributed by atoms with Gasteiger partial charge in [0.1, 0.15) is 11.5 Å². The molecule has 262 valence electrons. The van der Waals surface area contributed by atoms with Crippen LogP contribution in [-0.4, -0.2) is 42.8 Å². The standard InChI is InChI=1S/C38H57NO8/c1-34(2,3)26-16-22(17-27(30(26)40)35(4,5)6)14-24(32(42)43)20-38(13,39(46)47)21-25(33(44)45)15-23-18-28(36(7,8)9)31(41)29(19-23)37(10,11)12/h16-19,24-25,40-41H,14-15,20-21H2,1-13H3,(H,42,43)(H,44,45). The van der Waals surface area contributed by atoms with E-state index in [2.05, 4.69) is 0 Å². The van der Waals surface area contributed by atoms with Gasteiger partial charge in [0.2, 0.25) is 5.54 Å². The van der Waals surface area contributed by atoms with E-state index in [0.717, 1.165) is 0 Å². The number of carboxylic acids is 2. The Morgan fingerprint density at radius 1 is 0.596 bits per heavy atom. The Bertz CT molecular complexity index is 1320. The maximum Gasteiger partial charge on any atom is 0.307 e. The van der Waals surface area contributed by atoms with Crippen molar-refractivity contribution in [1.29, 1.82) is 0 Å². The number of hydrogen-bond donors (Lipinski definition) is 4. The van der Waals surface area contributed by atoms with E-state index < -0.39 is 55.9 Å². The Balaban J connectivity index is 2.57. The zero-order valence-corrected chi connectivity index (χ0v) is 30.7. The third-order valence-electron chi connectivity index (χ3n) is 9.05. The van der Waals surface area contributed by atoms with E-state index >= 15 is 0 Å². The summed E-state index contributed by atoms with van der Waals surface area (Å²) in [6.45, 7) is 24.7. The van der Waals surface area contributed by atoms with Gasteiger partial charge in [-0.15, -0.1) is 0 Å². The summed E-state index contributed by atoms with van der Waals surface area (Å²) in [4.78, 5) is 37.3. The van der Waals surface area contributed by atoms with Crippen LogP contribution in [0.25, 0.3) is 0 Å². The molecule has 0 heterocycles. The minimum atomic E-state index is -1.86. The number of phenolic OH excluding ortho intramolecular Hbond substituents is 2. The number of carboxylic acid groups (broad SMARTS) is 2. The highest BCUT2D eigenvalue weighted by atomic mass is 16.6. The van der Waals surface area contributed by atoms with E-state index in [1.54, 1.807) is 24.3 Å². The number of nitrogens with zero attached hydrogens (tertiary/aromatic N) is 1. The first kappa shape index (κ1) is 39.6. The van der Waals surface area contributed by atoms with Gasteiger partial charge in [-0.1, -0.05) is 107 Å². The van der Waals surface area contributed by atoms with Crippen molar-refractivity contribution < 1.29 is 34.9 Å². The minimum absolute atomic E-state index is 0.0230. The van der Waals surface area contributed by atoms with Gasteiger partial charge >= 0.3 is 11.9 Å². The van der Waals surface area contributed by atoms with Crippen LogP contribution < -0.4 is 0 Å². The van der Waals surface area contributed by atoms with Crippen LogP contribution >= 0.6 is 0 Å². The quantitative estimate of drug-likeness (QED) is 0.139. The van der Waals surface area contributed by atoms with Crippen molar-refractivity contribution in [3.05, 3.63) is 67.8 Å². The number of carbonyl (C=O) groups is 2. The molecule has 2 atom stereocenters. The zero-order chi connectivity index (χ0) is 36.7. The maximum absolute atomic E-state index is 12.6. The lowest BCUT2D eigenvalue weighted by molar-refractivity contribution is -0.570. The maximum atomic E-state index is 12.6. The van der Waals surface area contributed by atoms with Gasteiger partial charge in [-0.05, 0) is 67.9 Å². The van der Waals surface area contributed by atoms with Crippen molar-refractivity contribution in [2.45, 2.75) is 143 Å². The highest BCUT2D eigenvalue weighted by Gasteiger charge is 2.45. The number of hydrogen-bond acceptors (Lipinski definition) is 6. The third-order valence-corrected chi connectivity index (χ3v) is 9.05. The Labute approximate surface area is 280 Å². The number of aliphatic carboxylic acids is 2. The minimum Gasteiger partial charge on any atom is -0.507 e. The van der Waals surface area contributed by atoms with Crippen molar-refractivity contribution in [2.75, 3.05) is 0 Å². The van der Waals surface area contributed by atoms with Crippen LogP contribution in [0.3, 0.4) is 0 Å². The van der Waals surface area contributed by atoms with E-state index in [1.807, 2.05) is 83.1 Å². The van der Waals surface area contributed by atoms with Crippen molar-refractivity contribution in [3.8, 4) is 11.5 Å². The Hall–Kier alpha value is -3.62. The normalized spacial score (nSPS) is 15.5. The molecule has 0 aliphatic rings. The van der Waals surface area contributed by atoms with Crippen LogP contribution in [-0.2, 0) is 44.1 Å². The van der Waals surface area contributed by atoms with Gasteiger partial charge in [0, 0.05) is 24.7 Å². The van der Waals surface area contributed by atoms with E-state index in [4.69, 9.17) is 0 Å². The van der Waals surface area contributed by atoms with Crippen molar-refractivity contribution in [2.24, 2.45) is 11.8 Å². The van der Waals surface area contributed by atoms with Crippen molar-refractivity contribution in [3.63, 3.8) is 0 Å². The van der Waals surface area contributed by atoms with E-state index in [9.17, 15) is 40.1 Å². The summed E-state index contributed by atoms with van der Waals surface area (Å²) < 4.78 is 0. The second-order valence-electron chi connectivity index (χ2n) is 17.7. The molecule has 0 aliphatic carbocycles. The van der Waals surface area contributed by atoms with E-state index in [-0.39, 0.29) is 37.2 Å². The van der Waals surface area contributed by atoms with Gasteiger partial charge in [-0.25, -0.2) is 0 Å².